The third-order valence-corrected chi connectivity index (χ3v) is 3.61. The van der Waals surface area contributed by atoms with Crippen LogP contribution in [0.15, 0.2) is 35.4 Å². The Morgan fingerprint density at radius 2 is 1.95 bits per heavy atom. The number of nitrogens with zero attached hydrogens (tertiary/aromatic N) is 2. The van der Waals surface area contributed by atoms with Gasteiger partial charge in [0, 0.05) is 26.2 Å². The van der Waals surface area contributed by atoms with Crippen LogP contribution in [0, 0.1) is 17.4 Å². The molecule has 0 saturated heterocycles. The van der Waals surface area contributed by atoms with E-state index in [1.165, 1.54) is 3.57 Å². The summed E-state index contributed by atoms with van der Waals surface area (Å²) in [6, 6.07) is 10.4. The molecule has 0 aliphatic rings. The normalized spacial score (nSPS) is 10.9. The number of aryl methyl sites for hydroxylation is 1. The maximum absolute atomic E-state index is 10.2. The number of rotatable bonds is 4. The summed E-state index contributed by atoms with van der Waals surface area (Å²) in [6.45, 7) is 4.09. The van der Waals surface area contributed by atoms with E-state index >= 15 is 0 Å². The molecule has 0 unspecified atom stereocenters. The van der Waals surface area contributed by atoms with E-state index in [9.17, 15) is 4.79 Å². The second-order valence-corrected chi connectivity index (χ2v) is 5.39. The van der Waals surface area contributed by atoms with Crippen molar-refractivity contribution in [2.75, 3.05) is 0 Å². The number of amides is 1. The molecule has 4 nitrogen and oxygen atoms in total. The minimum absolute atomic E-state index is 0.550. The monoisotopic (exact) mass is 367 g/mol. The SMILES string of the molecule is Cc1cc(/C=N\NC=O)c(C)n1-c1ccc(I)cc1. The molecule has 5 heteroatoms. The topological polar surface area (TPSA) is 46.4 Å². The predicted octanol–water partition coefficient (Wildman–Crippen LogP) is 2.78. The number of nitrogens with one attached hydrogen (secondary N) is 1. The zero-order chi connectivity index (χ0) is 13.8. The standard InChI is InChI=1S/C14H14IN3O/c1-10-7-12(8-16-17-9-19)11(2)18(10)14-5-3-13(15)4-6-14/h3-9H,1-2H3,(H,17,19)/b16-8-. The zero-order valence-corrected chi connectivity index (χ0v) is 12.9. The van der Waals surface area contributed by atoms with Crippen molar-refractivity contribution in [3.63, 3.8) is 0 Å². The van der Waals surface area contributed by atoms with Crippen LogP contribution < -0.4 is 5.43 Å². The molecule has 1 aromatic carbocycles. The average molecular weight is 367 g/mol. The number of benzene rings is 1. The Bertz CT molecular complexity index is 614. The summed E-state index contributed by atoms with van der Waals surface area (Å²) >= 11 is 2.29. The second-order valence-electron chi connectivity index (χ2n) is 4.14. The third-order valence-electron chi connectivity index (χ3n) is 2.89. The Balaban J connectivity index is 2.41. The summed E-state index contributed by atoms with van der Waals surface area (Å²) in [5.74, 6) is 0. The first-order valence-corrected chi connectivity index (χ1v) is 6.88. The molecule has 0 aliphatic carbocycles. The lowest BCUT2D eigenvalue weighted by Gasteiger charge is -2.09. The van der Waals surface area contributed by atoms with E-state index in [1.807, 2.05) is 13.0 Å². The lowest BCUT2D eigenvalue weighted by atomic mass is 10.2. The molecule has 1 N–H and O–H groups in total. The summed E-state index contributed by atoms with van der Waals surface area (Å²) in [5, 5.41) is 3.83. The number of carbonyl (C=O) groups excluding carboxylic acids is 1. The first-order valence-electron chi connectivity index (χ1n) is 5.80. The van der Waals surface area contributed by atoms with Crippen LogP contribution in [0.4, 0.5) is 0 Å². The molecule has 0 bridgehead atoms. The first-order chi connectivity index (χ1) is 9.13. The van der Waals surface area contributed by atoms with Crippen LogP contribution in [0.3, 0.4) is 0 Å². The van der Waals surface area contributed by atoms with Crippen LogP contribution in [0.25, 0.3) is 5.69 Å². The molecular weight excluding hydrogens is 353 g/mol. The predicted molar refractivity (Wildman–Crippen MR) is 84.8 cm³/mol. The van der Waals surface area contributed by atoms with Crippen molar-refractivity contribution >= 4 is 35.2 Å². The minimum Gasteiger partial charge on any atom is -0.318 e. The molecule has 0 radical (unpaired) electrons. The van der Waals surface area contributed by atoms with Gasteiger partial charge in [-0.2, -0.15) is 5.10 Å². The maximum Gasteiger partial charge on any atom is 0.227 e. The summed E-state index contributed by atoms with van der Waals surface area (Å²) in [6.07, 6.45) is 2.20. The number of halogens is 1. The van der Waals surface area contributed by atoms with Gasteiger partial charge in [0.1, 0.15) is 0 Å². The largest absolute Gasteiger partial charge is 0.318 e. The molecule has 0 fully saturated rings. The Morgan fingerprint density at radius 1 is 1.26 bits per heavy atom. The van der Waals surface area contributed by atoms with Crippen LogP contribution in [-0.2, 0) is 4.79 Å². The zero-order valence-electron chi connectivity index (χ0n) is 10.7. The lowest BCUT2D eigenvalue weighted by molar-refractivity contribution is -0.109. The summed E-state index contributed by atoms with van der Waals surface area (Å²) in [5.41, 5.74) is 6.62. The van der Waals surface area contributed by atoms with Gasteiger partial charge in [-0.15, -0.1) is 0 Å². The van der Waals surface area contributed by atoms with Crippen molar-refractivity contribution in [3.05, 3.63) is 50.9 Å². The van der Waals surface area contributed by atoms with Gasteiger partial charge in [-0.3, -0.25) is 4.79 Å². The summed E-state index contributed by atoms with van der Waals surface area (Å²) in [7, 11) is 0. The van der Waals surface area contributed by atoms with Crippen molar-refractivity contribution in [3.8, 4) is 5.69 Å². The van der Waals surface area contributed by atoms with Crippen molar-refractivity contribution < 1.29 is 4.79 Å². The van der Waals surface area contributed by atoms with Crippen LogP contribution in [-0.4, -0.2) is 17.2 Å². The molecule has 0 atom stereocenters. The lowest BCUT2D eigenvalue weighted by Crippen LogP contribution is -2.02. The number of carbonyl (C=O) groups is 1. The van der Waals surface area contributed by atoms with Gasteiger partial charge in [0.25, 0.3) is 0 Å². The molecule has 1 heterocycles. The smallest absolute Gasteiger partial charge is 0.227 e. The average Bonchev–Trinajstić information content (AvgIpc) is 2.67. The Kier molecular flexibility index (Phi) is 4.36. The molecule has 0 spiro atoms. The van der Waals surface area contributed by atoms with Crippen molar-refractivity contribution in [2.45, 2.75) is 13.8 Å². The highest BCUT2D eigenvalue weighted by Gasteiger charge is 2.09. The quantitative estimate of drug-likeness (QED) is 0.384. The molecule has 2 rings (SSSR count). The van der Waals surface area contributed by atoms with E-state index < -0.39 is 0 Å². The van der Waals surface area contributed by atoms with Crippen molar-refractivity contribution in [1.29, 1.82) is 0 Å². The number of hydrazone groups is 1. The molecule has 1 amide bonds. The molecule has 0 saturated carbocycles. The number of aromatic nitrogens is 1. The first kappa shape index (κ1) is 13.8. The second kappa shape index (κ2) is 6.01. The minimum atomic E-state index is 0.550. The molecular formula is C14H14IN3O. The van der Waals surface area contributed by atoms with E-state index in [-0.39, 0.29) is 0 Å². The molecule has 0 aliphatic heterocycles. The van der Waals surface area contributed by atoms with Gasteiger partial charge in [-0.05, 0) is 66.8 Å². The summed E-state index contributed by atoms with van der Waals surface area (Å²) < 4.78 is 3.37. The van der Waals surface area contributed by atoms with E-state index in [0.717, 1.165) is 22.6 Å². The van der Waals surface area contributed by atoms with Crippen LogP contribution in [0.5, 0.6) is 0 Å². The van der Waals surface area contributed by atoms with Gasteiger partial charge < -0.3 is 4.57 Å². The van der Waals surface area contributed by atoms with Crippen molar-refractivity contribution in [1.82, 2.24) is 9.99 Å². The summed E-state index contributed by atoms with van der Waals surface area (Å²) in [4.78, 5) is 10.2. The van der Waals surface area contributed by atoms with E-state index in [2.05, 4.69) is 68.9 Å². The van der Waals surface area contributed by atoms with Crippen LogP contribution >= 0.6 is 22.6 Å². The van der Waals surface area contributed by atoms with E-state index in [4.69, 9.17) is 0 Å². The Hall–Kier alpha value is -1.63. The highest BCUT2D eigenvalue weighted by Crippen LogP contribution is 2.20. The van der Waals surface area contributed by atoms with Gasteiger partial charge in [0.2, 0.25) is 6.41 Å². The molecule has 2 aromatic rings. The van der Waals surface area contributed by atoms with Crippen molar-refractivity contribution in [2.24, 2.45) is 5.10 Å². The number of hydrogen-bond donors (Lipinski definition) is 1. The van der Waals surface area contributed by atoms with E-state index in [0.29, 0.717) is 6.41 Å². The highest BCUT2D eigenvalue weighted by molar-refractivity contribution is 14.1. The van der Waals surface area contributed by atoms with Crippen LogP contribution in [0.2, 0.25) is 0 Å². The van der Waals surface area contributed by atoms with Gasteiger partial charge in [-0.25, -0.2) is 5.43 Å². The third kappa shape index (κ3) is 3.04. The Labute approximate surface area is 125 Å². The molecule has 19 heavy (non-hydrogen) atoms. The fourth-order valence-electron chi connectivity index (χ4n) is 2.04. The fourth-order valence-corrected chi connectivity index (χ4v) is 2.40. The van der Waals surface area contributed by atoms with Gasteiger partial charge in [0.15, 0.2) is 0 Å². The van der Waals surface area contributed by atoms with Gasteiger partial charge in [0.05, 0.1) is 6.21 Å². The maximum atomic E-state index is 10.2. The highest BCUT2D eigenvalue weighted by atomic mass is 127. The molecule has 98 valence electrons. The number of hydrogen-bond acceptors (Lipinski definition) is 2. The molecule has 1 aromatic heterocycles. The van der Waals surface area contributed by atoms with Crippen LogP contribution in [0.1, 0.15) is 17.0 Å². The fraction of sp³-hybridized carbons (Fsp3) is 0.143. The van der Waals surface area contributed by atoms with Gasteiger partial charge >= 0.3 is 0 Å². The Morgan fingerprint density at radius 3 is 2.58 bits per heavy atom. The van der Waals surface area contributed by atoms with E-state index in [1.54, 1.807) is 6.21 Å². The van der Waals surface area contributed by atoms with Gasteiger partial charge in [-0.1, -0.05) is 0 Å².